The fraction of sp³-hybridized carbons (Fsp3) is 0.333. The lowest BCUT2D eigenvalue weighted by Crippen LogP contribution is -2.14. The number of hydrogen-bond acceptors (Lipinski definition) is 4. The van der Waals surface area contributed by atoms with Crippen LogP contribution < -0.4 is 5.32 Å². The molecule has 1 aromatic heterocycles. The van der Waals surface area contributed by atoms with Gasteiger partial charge in [0.2, 0.25) is 11.7 Å². The normalized spacial score (nSPS) is 21.8. The van der Waals surface area contributed by atoms with Gasteiger partial charge in [-0.05, 0) is 12.1 Å². The van der Waals surface area contributed by atoms with Crippen LogP contribution in [-0.2, 0) is 0 Å². The number of nitrogens with zero attached hydrogens (tertiary/aromatic N) is 2. The Labute approximate surface area is 131 Å². The summed E-state index contributed by atoms with van der Waals surface area (Å²) in [6, 6.07) is 4.88. The van der Waals surface area contributed by atoms with Crippen molar-refractivity contribution in [1.82, 2.24) is 15.5 Å². The number of hydrogen-bond donors (Lipinski definition) is 1. The first-order valence-electron chi connectivity index (χ1n) is 5.80. The van der Waals surface area contributed by atoms with Crippen molar-refractivity contribution in [3.05, 3.63) is 34.1 Å². The van der Waals surface area contributed by atoms with Gasteiger partial charge in [-0.15, -0.1) is 12.4 Å². The van der Waals surface area contributed by atoms with E-state index in [1.165, 1.54) is 0 Å². The van der Waals surface area contributed by atoms with Crippen molar-refractivity contribution in [2.24, 2.45) is 0 Å². The third kappa shape index (κ3) is 2.91. The van der Waals surface area contributed by atoms with Crippen LogP contribution >= 0.6 is 35.6 Å². The second-order valence-electron chi connectivity index (χ2n) is 4.35. The fourth-order valence-electron chi connectivity index (χ4n) is 2.07. The zero-order valence-electron chi connectivity index (χ0n) is 10.1. The molecule has 0 unspecified atom stereocenters. The average Bonchev–Trinajstić information content (AvgIpc) is 2.98. The summed E-state index contributed by atoms with van der Waals surface area (Å²) < 4.78 is 18.3. The van der Waals surface area contributed by atoms with Crippen LogP contribution in [0, 0.1) is 0 Å². The predicted molar refractivity (Wildman–Crippen MR) is 77.3 cm³/mol. The summed E-state index contributed by atoms with van der Waals surface area (Å²) in [4.78, 5) is 4.24. The molecule has 0 spiro atoms. The van der Waals surface area contributed by atoms with Gasteiger partial charge in [0.25, 0.3) is 0 Å². The summed E-state index contributed by atoms with van der Waals surface area (Å²) in [5, 5.41) is 7.73. The lowest BCUT2D eigenvalue weighted by molar-refractivity contribution is 0.324. The maximum absolute atomic E-state index is 13.1. The van der Waals surface area contributed by atoms with Gasteiger partial charge in [-0.2, -0.15) is 4.98 Å². The van der Waals surface area contributed by atoms with Crippen LogP contribution in [-0.4, -0.2) is 22.9 Å². The van der Waals surface area contributed by atoms with E-state index in [2.05, 4.69) is 15.5 Å². The summed E-state index contributed by atoms with van der Waals surface area (Å²) in [5.74, 6) is 0.667. The molecule has 8 heteroatoms. The van der Waals surface area contributed by atoms with E-state index in [9.17, 15) is 4.39 Å². The van der Waals surface area contributed by atoms with Crippen LogP contribution in [0.3, 0.4) is 0 Å². The van der Waals surface area contributed by atoms with Crippen molar-refractivity contribution >= 4 is 35.6 Å². The van der Waals surface area contributed by atoms with Gasteiger partial charge in [-0.1, -0.05) is 34.4 Å². The van der Waals surface area contributed by atoms with Gasteiger partial charge < -0.3 is 9.84 Å². The second kappa shape index (κ2) is 6.26. The quantitative estimate of drug-likeness (QED) is 0.904. The van der Waals surface area contributed by atoms with Gasteiger partial charge >= 0.3 is 0 Å². The first kappa shape index (κ1) is 15.5. The Morgan fingerprint density at radius 1 is 1.30 bits per heavy atom. The van der Waals surface area contributed by atoms with Crippen molar-refractivity contribution in [2.75, 3.05) is 6.54 Å². The minimum atomic E-state index is -0.885. The molecule has 1 saturated heterocycles. The standard InChI is InChI=1S/C12H10Cl2FN3O.ClH/c13-7-2-1-3-8(14)10(7)11-17-12(19-18-11)9-4-6(15)5-16-9;/h1-3,6,9,16H,4-5H2;1H/t6-,9+;/m0./s1. The minimum absolute atomic E-state index is 0. The van der Waals surface area contributed by atoms with Crippen molar-refractivity contribution in [1.29, 1.82) is 0 Å². The molecule has 2 heterocycles. The lowest BCUT2D eigenvalue weighted by Gasteiger charge is -2.02. The van der Waals surface area contributed by atoms with E-state index < -0.39 is 6.17 Å². The van der Waals surface area contributed by atoms with E-state index in [1.807, 2.05) is 0 Å². The van der Waals surface area contributed by atoms with Crippen LogP contribution in [0.2, 0.25) is 10.0 Å². The number of alkyl halides is 1. The molecule has 2 aromatic rings. The van der Waals surface area contributed by atoms with Gasteiger partial charge in [-0.25, -0.2) is 4.39 Å². The van der Waals surface area contributed by atoms with Gasteiger partial charge in [0.15, 0.2) is 0 Å². The van der Waals surface area contributed by atoms with E-state index in [4.69, 9.17) is 27.7 Å². The molecule has 0 amide bonds. The van der Waals surface area contributed by atoms with Gasteiger partial charge in [0, 0.05) is 13.0 Å². The number of nitrogens with one attached hydrogen (secondary N) is 1. The number of halogens is 4. The van der Waals surface area contributed by atoms with E-state index in [0.717, 1.165) is 0 Å². The zero-order valence-corrected chi connectivity index (χ0v) is 12.5. The van der Waals surface area contributed by atoms with Crippen LogP contribution in [0.25, 0.3) is 11.4 Å². The van der Waals surface area contributed by atoms with Gasteiger partial charge in [-0.3, -0.25) is 0 Å². The molecule has 4 nitrogen and oxygen atoms in total. The largest absolute Gasteiger partial charge is 0.337 e. The van der Waals surface area contributed by atoms with Crippen LogP contribution in [0.15, 0.2) is 22.7 Å². The van der Waals surface area contributed by atoms with Crippen LogP contribution in [0.5, 0.6) is 0 Å². The monoisotopic (exact) mass is 337 g/mol. The predicted octanol–water partition coefficient (Wildman–Crippen LogP) is 3.84. The van der Waals surface area contributed by atoms with Crippen molar-refractivity contribution in [3.63, 3.8) is 0 Å². The molecule has 108 valence electrons. The Kier molecular flexibility index (Phi) is 4.86. The first-order chi connectivity index (χ1) is 9.15. The fourth-order valence-corrected chi connectivity index (χ4v) is 2.64. The maximum atomic E-state index is 13.1. The molecular formula is C12H11Cl3FN3O. The second-order valence-corrected chi connectivity index (χ2v) is 5.16. The Morgan fingerprint density at radius 3 is 2.60 bits per heavy atom. The molecule has 2 atom stereocenters. The van der Waals surface area contributed by atoms with Gasteiger partial charge in [0.05, 0.1) is 21.7 Å². The lowest BCUT2D eigenvalue weighted by atomic mass is 10.2. The molecule has 1 aliphatic heterocycles. The number of rotatable bonds is 2. The summed E-state index contributed by atoms with van der Waals surface area (Å²) >= 11 is 12.1. The third-order valence-corrected chi connectivity index (χ3v) is 3.63. The molecule has 0 radical (unpaired) electrons. The zero-order chi connectivity index (χ0) is 13.4. The Morgan fingerprint density at radius 2 is 2.00 bits per heavy atom. The Hall–Kier alpha value is -0.880. The van der Waals surface area contributed by atoms with E-state index in [0.29, 0.717) is 40.3 Å². The van der Waals surface area contributed by atoms with Crippen LogP contribution in [0.1, 0.15) is 18.4 Å². The molecule has 3 rings (SSSR count). The molecule has 1 N–H and O–H groups in total. The summed E-state index contributed by atoms with van der Waals surface area (Å²) in [7, 11) is 0. The maximum Gasteiger partial charge on any atom is 0.244 e. The summed E-state index contributed by atoms with van der Waals surface area (Å²) in [6.45, 7) is 0.301. The number of benzene rings is 1. The van der Waals surface area contributed by atoms with Crippen molar-refractivity contribution in [2.45, 2.75) is 18.6 Å². The molecule has 1 aliphatic rings. The summed E-state index contributed by atoms with van der Waals surface area (Å²) in [6.07, 6.45) is -0.554. The topological polar surface area (TPSA) is 51.0 Å². The van der Waals surface area contributed by atoms with Gasteiger partial charge in [0.1, 0.15) is 6.17 Å². The average molecular weight is 339 g/mol. The highest BCUT2D eigenvalue weighted by atomic mass is 35.5. The molecule has 1 aromatic carbocycles. The highest BCUT2D eigenvalue weighted by Gasteiger charge is 2.29. The van der Waals surface area contributed by atoms with Crippen molar-refractivity contribution in [3.8, 4) is 11.4 Å². The van der Waals surface area contributed by atoms with Crippen LogP contribution in [0.4, 0.5) is 4.39 Å². The molecule has 0 bridgehead atoms. The van der Waals surface area contributed by atoms with E-state index in [1.54, 1.807) is 18.2 Å². The molecule has 20 heavy (non-hydrogen) atoms. The highest BCUT2D eigenvalue weighted by molar-refractivity contribution is 6.38. The number of aromatic nitrogens is 2. The Bertz CT molecular complexity index is 587. The molecule has 1 fully saturated rings. The SMILES string of the molecule is Cl.F[C@@H]1CN[C@@H](c2nc(-c3c(Cl)cccc3Cl)no2)C1. The smallest absolute Gasteiger partial charge is 0.244 e. The third-order valence-electron chi connectivity index (χ3n) is 3.00. The molecule has 0 aliphatic carbocycles. The van der Waals surface area contributed by atoms with Crippen molar-refractivity contribution < 1.29 is 8.91 Å². The first-order valence-corrected chi connectivity index (χ1v) is 6.56. The highest BCUT2D eigenvalue weighted by Crippen LogP contribution is 2.34. The summed E-state index contributed by atoms with van der Waals surface area (Å²) in [5.41, 5.74) is 0.524. The minimum Gasteiger partial charge on any atom is -0.337 e. The van der Waals surface area contributed by atoms with E-state index >= 15 is 0 Å². The molecule has 0 saturated carbocycles. The molecular weight excluding hydrogens is 328 g/mol. The Balaban J connectivity index is 0.00000147. The van der Waals surface area contributed by atoms with E-state index in [-0.39, 0.29) is 18.4 Å².